The summed E-state index contributed by atoms with van der Waals surface area (Å²) in [6.45, 7) is 7.52. The van der Waals surface area contributed by atoms with Gasteiger partial charge in [-0.2, -0.15) is 0 Å². The van der Waals surface area contributed by atoms with Gasteiger partial charge >= 0.3 is 0 Å². The zero-order valence-corrected chi connectivity index (χ0v) is 17.3. The topological polar surface area (TPSA) is 76.7 Å². The monoisotopic (exact) mass is 384 g/mol. The molecule has 1 unspecified atom stereocenters. The van der Waals surface area contributed by atoms with Crippen molar-refractivity contribution in [3.63, 3.8) is 0 Å². The van der Waals surface area contributed by atoms with Crippen molar-refractivity contribution in [3.05, 3.63) is 53.1 Å². The average Bonchev–Trinajstić information content (AvgIpc) is 2.67. The van der Waals surface area contributed by atoms with Gasteiger partial charge in [0.05, 0.1) is 14.2 Å². The first-order valence-corrected chi connectivity index (χ1v) is 9.18. The molecular weight excluding hydrogens is 356 g/mol. The van der Waals surface area contributed by atoms with Gasteiger partial charge in [0, 0.05) is 17.3 Å². The Hall–Kier alpha value is -3.02. The second kappa shape index (κ2) is 9.26. The zero-order chi connectivity index (χ0) is 20.8. The molecule has 0 radical (unpaired) electrons. The summed E-state index contributed by atoms with van der Waals surface area (Å²) in [7, 11) is 3.10. The van der Waals surface area contributed by atoms with Crippen LogP contribution in [0.15, 0.2) is 36.4 Å². The van der Waals surface area contributed by atoms with Gasteiger partial charge < -0.3 is 20.1 Å². The fourth-order valence-corrected chi connectivity index (χ4v) is 2.91. The van der Waals surface area contributed by atoms with E-state index < -0.39 is 6.04 Å². The van der Waals surface area contributed by atoms with Crippen LogP contribution in [0.4, 0.5) is 5.69 Å². The zero-order valence-electron chi connectivity index (χ0n) is 17.3. The molecule has 2 N–H and O–H groups in total. The van der Waals surface area contributed by atoms with Crippen LogP contribution in [0.2, 0.25) is 0 Å². The summed E-state index contributed by atoms with van der Waals surface area (Å²) in [6, 6.07) is 10.1. The maximum atomic E-state index is 12.9. The molecule has 2 aromatic carbocycles. The number of rotatable bonds is 7. The van der Waals surface area contributed by atoms with E-state index in [0.29, 0.717) is 22.7 Å². The highest BCUT2D eigenvalue weighted by atomic mass is 16.5. The lowest BCUT2D eigenvalue weighted by Crippen LogP contribution is -2.47. The van der Waals surface area contributed by atoms with Crippen LogP contribution in [0.5, 0.6) is 11.5 Å². The van der Waals surface area contributed by atoms with Crippen LogP contribution in [0.25, 0.3) is 0 Å². The molecule has 6 nitrogen and oxygen atoms in total. The molecule has 0 saturated carbocycles. The van der Waals surface area contributed by atoms with Gasteiger partial charge in [0.2, 0.25) is 5.91 Å². The van der Waals surface area contributed by atoms with Crippen molar-refractivity contribution in [2.24, 2.45) is 5.92 Å². The molecule has 0 bridgehead atoms. The van der Waals surface area contributed by atoms with Crippen molar-refractivity contribution in [2.45, 2.75) is 33.7 Å². The molecule has 0 aromatic heterocycles. The number of carbonyl (C=O) groups excluding carboxylic acids is 2. The lowest BCUT2D eigenvalue weighted by molar-refractivity contribution is -0.118. The third kappa shape index (κ3) is 4.82. The minimum atomic E-state index is -0.681. The van der Waals surface area contributed by atoms with Gasteiger partial charge in [-0.05, 0) is 43.0 Å². The summed E-state index contributed by atoms with van der Waals surface area (Å²) >= 11 is 0. The molecule has 2 rings (SSSR count). The summed E-state index contributed by atoms with van der Waals surface area (Å²) in [6.07, 6.45) is 0. The molecule has 0 aliphatic carbocycles. The minimum absolute atomic E-state index is 0.0894. The van der Waals surface area contributed by atoms with Gasteiger partial charge in [-0.25, -0.2) is 0 Å². The third-order valence-electron chi connectivity index (χ3n) is 4.61. The molecule has 0 saturated heterocycles. The van der Waals surface area contributed by atoms with E-state index in [0.717, 1.165) is 11.1 Å². The van der Waals surface area contributed by atoms with Gasteiger partial charge in [-0.15, -0.1) is 0 Å². The van der Waals surface area contributed by atoms with Crippen LogP contribution in [0.3, 0.4) is 0 Å². The number of carbonyl (C=O) groups is 2. The fourth-order valence-electron chi connectivity index (χ4n) is 2.91. The van der Waals surface area contributed by atoms with Crippen molar-refractivity contribution >= 4 is 17.5 Å². The van der Waals surface area contributed by atoms with Crippen LogP contribution in [-0.4, -0.2) is 32.1 Å². The Morgan fingerprint density at radius 1 is 0.929 bits per heavy atom. The van der Waals surface area contributed by atoms with Gasteiger partial charge in [0.25, 0.3) is 5.91 Å². The highest BCUT2D eigenvalue weighted by Crippen LogP contribution is 2.33. The van der Waals surface area contributed by atoms with Gasteiger partial charge in [-0.1, -0.05) is 32.0 Å². The summed E-state index contributed by atoms with van der Waals surface area (Å²) in [5, 5.41) is 5.76. The fraction of sp³-hybridized carbons (Fsp3) is 0.364. The van der Waals surface area contributed by atoms with E-state index in [1.165, 1.54) is 7.11 Å². The summed E-state index contributed by atoms with van der Waals surface area (Å²) in [4.78, 5) is 25.6. The standard InChI is InChI=1S/C22H28N2O4/c1-13(2)20(24-21(25)16-10-8-7-9-14(16)3)22(26)23-17-12-19(28-6)18(27-5)11-15(17)4/h7-13,20H,1-6H3,(H,23,26)(H,24,25). The number of ether oxygens (including phenoxy) is 2. The van der Waals surface area contributed by atoms with E-state index in [2.05, 4.69) is 10.6 Å². The number of nitrogens with one attached hydrogen (secondary N) is 2. The largest absolute Gasteiger partial charge is 0.493 e. The summed E-state index contributed by atoms with van der Waals surface area (Å²) < 4.78 is 10.6. The molecule has 1 atom stereocenters. The number of amides is 2. The molecule has 2 aromatic rings. The molecule has 2 amide bonds. The number of benzene rings is 2. The first kappa shape index (κ1) is 21.3. The van der Waals surface area contributed by atoms with Crippen molar-refractivity contribution in [1.29, 1.82) is 0 Å². The maximum absolute atomic E-state index is 12.9. The molecule has 0 fully saturated rings. The average molecular weight is 384 g/mol. The van der Waals surface area contributed by atoms with Crippen LogP contribution in [-0.2, 0) is 4.79 Å². The Balaban J connectivity index is 2.22. The highest BCUT2D eigenvalue weighted by Gasteiger charge is 2.26. The van der Waals surface area contributed by atoms with Gasteiger partial charge in [0.15, 0.2) is 11.5 Å². The van der Waals surface area contributed by atoms with Crippen LogP contribution < -0.4 is 20.1 Å². The predicted octanol–water partition coefficient (Wildman–Crippen LogP) is 3.71. The first-order valence-electron chi connectivity index (χ1n) is 9.18. The molecule has 0 aliphatic rings. The lowest BCUT2D eigenvalue weighted by atomic mass is 10.0. The van der Waals surface area contributed by atoms with Crippen LogP contribution in [0.1, 0.15) is 35.3 Å². The molecule has 0 aliphatic heterocycles. The molecule has 0 spiro atoms. The van der Waals surface area contributed by atoms with E-state index in [-0.39, 0.29) is 17.7 Å². The maximum Gasteiger partial charge on any atom is 0.252 e. The number of hydrogen-bond donors (Lipinski definition) is 2. The van der Waals surface area contributed by atoms with Gasteiger partial charge in [-0.3, -0.25) is 9.59 Å². The van der Waals surface area contributed by atoms with E-state index in [1.54, 1.807) is 31.4 Å². The van der Waals surface area contributed by atoms with Crippen molar-refractivity contribution < 1.29 is 19.1 Å². The Morgan fingerprint density at radius 3 is 2.11 bits per heavy atom. The van der Waals surface area contributed by atoms with E-state index in [4.69, 9.17) is 9.47 Å². The quantitative estimate of drug-likeness (QED) is 0.763. The number of hydrogen-bond acceptors (Lipinski definition) is 4. The van der Waals surface area contributed by atoms with Crippen molar-refractivity contribution in [3.8, 4) is 11.5 Å². The van der Waals surface area contributed by atoms with E-state index in [9.17, 15) is 9.59 Å². The Morgan fingerprint density at radius 2 is 1.54 bits per heavy atom. The molecule has 0 heterocycles. The third-order valence-corrected chi connectivity index (χ3v) is 4.61. The normalized spacial score (nSPS) is 11.7. The first-order chi connectivity index (χ1) is 13.3. The second-order valence-electron chi connectivity index (χ2n) is 7.02. The smallest absolute Gasteiger partial charge is 0.252 e. The van der Waals surface area contributed by atoms with E-state index in [1.807, 2.05) is 39.8 Å². The molecule has 150 valence electrons. The Labute approximate surface area is 166 Å². The number of methoxy groups -OCH3 is 2. The summed E-state index contributed by atoms with van der Waals surface area (Å²) in [5.41, 5.74) is 2.86. The predicted molar refractivity (Wildman–Crippen MR) is 110 cm³/mol. The van der Waals surface area contributed by atoms with Crippen molar-refractivity contribution in [1.82, 2.24) is 5.32 Å². The molecule has 6 heteroatoms. The SMILES string of the molecule is COc1cc(C)c(NC(=O)C(NC(=O)c2ccccc2C)C(C)C)cc1OC. The van der Waals surface area contributed by atoms with Crippen LogP contribution in [0, 0.1) is 19.8 Å². The number of aryl methyl sites for hydroxylation is 2. The van der Waals surface area contributed by atoms with Gasteiger partial charge in [0.1, 0.15) is 6.04 Å². The van der Waals surface area contributed by atoms with Crippen molar-refractivity contribution in [2.75, 3.05) is 19.5 Å². The summed E-state index contributed by atoms with van der Waals surface area (Å²) in [5.74, 6) is 0.469. The highest BCUT2D eigenvalue weighted by molar-refractivity contribution is 6.02. The Kier molecular flexibility index (Phi) is 7.04. The molecular formula is C22H28N2O4. The Bertz CT molecular complexity index is 862. The molecule has 28 heavy (non-hydrogen) atoms. The minimum Gasteiger partial charge on any atom is -0.493 e. The lowest BCUT2D eigenvalue weighted by Gasteiger charge is -2.23. The number of anilines is 1. The second-order valence-corrected chi connectivity index (χ2v) is 7.02. The van der Waals surface area contributed by atoms with E-state index >= 15 is 0 Å². The van der Waals surface area contributed by atoms with Crippen LogP contribution >= 0.6 is 0 Å².